The van der Waals surface area contributed by atoms with Gasteiger partial charge in [-0.25, -0.2) is 0 Å². The molecule has 30 heavy (non-hydrogen) atoms. The second-order valence-electron chi connectivity index (χ2n) is 8.19. The van der Waals surface area contributed by atoms with Crippen LogP contribution in [0.25, 0.3) is 0 Å². The van der Waals surface area contributed by atoms with Crippen LogP contribution in [-0.4, -0.2) is 20.6 Å². The summed E-state index contributed by atoms with van der Waals surface area (Å²) in [7, 11) is -1.40. The van der Waals surface area contributed by atoms with Gasteiger partial charge in [0, 0.05) is 15.4 Å². The summed E-state index contributed by atoms with van der Waals surface area (Å²) in [5.41, 5.74) is 7.66. The first-order valence-electron chi connectivity index (χ1n) is 9.88. The van der Waals surface area contributed by atoms with E-state index in [-0.39, 0.29) is 0 Å². The van der Waals surface area contributed by atoms with E-state index in [1.54, 1.807) is 23.5 Å². The fraction of sp³-hybridized carbons (Fsp3) is 0.231. The van der Waals surface area contributed by atoms with Crippen LogP contribution in [0.15, 0.2) is 82.6 Å². The highest BCUT2D eigenvalue weighted by Crippen LogP contribution is 2.43. The molecule has 0 atom stereocenters. The normalized spacial score (nSPS) is 11.7. The van der Waals surface area contributed by atoms with E-state index in [0.29, 0.717) is 0 Å². The topological polar surface area (TPSA) is 0 Å². The van der Waals surface area contributed by atoms with Gasteiger partial charge in [0.05, 0.1) is 0 Å². The molecule has 0 heterocycles. The molecule has 3 aromatic rings. The Labute approximate surface area is 195 Å². The molecule has 154 valence electrons. The maximum Gasteiger partial charge on any atom is 0.129 e. The molecule has 3 aromatic carbocycles. The standard InChI is InChI=1S/C26H27ClS2Si/c1-28-24-14-10-22(11-15-24)26(27,23-12-16-25(29-2)17-13-23)21-8-6-20(7-9-21)18-19-30(3,4)5/h6-17H,1-5H3. The number of hydrogen-bond acceptors (Lipinski definition) is 2. The summed E-state index contributed by atoms with van der Waals surface area (Å²) in [4.78, 5) is 1.71. The van der Waals surface area contributed by atoms with Gasteiger partial charge in [0.15, 0.2) is 0 Å². The quantitative estimate of drug-likeness (QED) is 0.123. The number of thioether (sulfide) groups is 2. The zero-order valence-electron chi connectivity index (χ0n) is 18.1. The predicted molar refractivity (Wildman–Crippen MR) is 139 cm³/mol. The van der Waals surface area contributed by atoms with Crippen molar-refractivity contribution in [3.05, 3.63) is 95.1 Å². The summed E-state index contributed by atoms with van der Waals surface area (Å²) in [6.07, 6.45) is 4.18. The molecule has 0 saturated heterocycles. The third-order valence-corrected chi connectivity index (χ3v) is 7.86. The highest BCUT2D eigenvalue weighted by atomic mass is 35.5. The molecule has 0 bridgehead atoms. The number of hydrogen-bond donors (Lipinski definition) is 0. The van der Waals surface area contributed by atoms with E-state index in [1.165, 1.54) is 9.79 Å². The van der Waals surface area contributed by atoms with Crippen molar-refractivity contribution < 1.29 is 0 Å². The number of alkyl halides is 1. The summed E-state index contributed by atoms with van der Waals surface area (Å²) in [6, 6.07) is 25.5. The molecule has 0 fully saturated rings. The minimum Gasteiger partial charge on any atom is -0.130 e. The Hall–Kier alpha value is -1.57. The monoisotopic (exact) mass is 466 g/mol. The molecule has 0 radical (unpaired) electrons. The van der Waals surface area contributed by atoms with Gasteiger partial charge in [-0.3, -0.25) is 0 Å². The number of benzene rings is 3. The Kier molecular flexibility index (Phi) is 7.47. The smallest absolute Gasteiger partial charge is 0.129 e. The molecule has 3 rings (SSSR count). The summed E-state index contributed by atoms with van der Waals surface area (Å²) in [5, 5.41) is 0. The summed E-state index contributed by atoms with van der Waals surface area (Å²) in [5.74, 6) is 3.34. The molecule has 0 aliphatic heterocycles. The van der Waals surface area contributed by atoms with Gasteiger partial charge >= 0.3 is 0 Å². The minimum absolute atomic E-state index is 0.751. The average molecular weight is 467 g/mol. The van der Waals surface area contributed by atoms with Gasteiger partial charge in [-0.2, -0.15) is 0 Å². The molecular weight excluding hydrogens is 440 g/mol. The average Bonchev–Trinajstić information content (AvgIpc) is 2.77. The highest BCUT2D eigenvalue weighted by Gasteiger charge is 2.34. The van der Waals surface area contributed by atoms with Crippen molar-refractivity contribution in [1.82, 2.24) is 0 Å². The van der Waals surface area contributed by atoms with Crippen LogP contribution in [0.4, 0.5) is 0 Å². The number of halogens is 1. The molecule has 0 saturated carbocycles. The molecule has 0 spiro atoms. The van der Waals surface area contributed by atoms with E-state index in [0.717, 1.165) is 22.3 Å². The largest absolute Gasteiger partial charge is 0.130 e. The van der Waals surface area contributed by atoms with Gasteiger partial charge in [0.1, 0.15) is 12.9 Å². The maximum absolute atomic E-state index is 7.47. The van der Waals surface area contributed by atoms with Gasteiger partial charge in [-0.1, -0.05) is 62.0 Å². The van der Waals surface area contributed by atoms with Gasteiger partial charge in [-0.05, 0) is 65.6 Å². The molecular formula is C26H27ClS2Si. The zero-order valence-corrected chi connectivity index (χ0v) is 21.5. The van der Waals surface area contributed by atoms with Crippen LogP contribution in [-0.2, 0) is 4.87 Å². The van der Waals surface area contributed by atoms with Crippen LogP contribution in [0.2, 0.25) is 19.6 Å². The van der Waals surface area contributed by atoms with Crippen molar-refractivity contribution in [2.24, 2.45) is 0 Å². The zero-order chi connectivity index (χ0) is 21.8. The van der Waals surface area contributed by atoms with Crippen LogP contribution >= 0.6 is 35.1 Å². The first-order valence-corrected chi connectivity index (χ1v) is 16.2. The summed E-state index contributed by atoms with van der Waals surface area (Å²) < 4.78 is 0. The van der Waals surface area contributed by atoms with Crippen LogP contribution in [0.1, 0.15) is 22.3 Å². The van der Waals surface area contributed by atoms with Crippen LogP contribution < -0.4 is 0 Å². The molecule has 0 aromatic heterocycles. The maximum atomic E-state index is 7.47. The predicted octanol–water partition coefficient (Wildman–Crippen LogP) is 7.89. The Balaban J connectivity index is 2.09. The van der Waals surface area contributed by atoms with Crippen molar-refractivity contribution in [3.63, 3.8) is 0 Å². The lowest BCUT2D eigenvalue weighted by Crippen LogP contribution is -2.22. The summed E-state index contributed by atoms with van der Waals surface area (Å²) in [6.45, 7) is 6.78. The van der Waals surface area contributed by atoms with Crippen molar-refractivity contribution in [2.45, 2.75) is 34.3 Å². The van der Waals surface area contributed by atoms with E-state index in [4.69, 9.17) is 11.6 Å². The van der Waals surface area contributed by atoms with Crippen molar-refractivity contribution >= 4 is 43.2 Å². The third kappa shape index (κ3) is 5.37. The number of rotatable bonds is 5. The van der Waals surface area contributed by atoms with Gasteiger partial charge in [-0.15, -0.1) is 40.7 Å². The molecule has 0 aliphatic carbocycles. The molecule has 0 nitrogen and oxygen atoms in total. The van der Waals surface area contributed by atoms with Crippen molar-refractivity contribution in [2.75, 3.05) is 12.5 Å². The Morgan fingerprint density at radius 3 is 1.37 bits per heavy atom. The minimum atomic E-state index is -1.40. The second-order valence-corrected chi connectivity index (χ2v) is 15.3. The molecule has 0 N–H and O–H groups in total. The SMILES string of the molecule is CSc1ccc(C(Cl)(c2ccc(C#C[Si](C)(C)C)cc2)c2ccc(SC)cc2)cc1. The van der Waals surface area contributed by atoms with Gasteiger partial charge in [0.2, 0.25) is 0 Å². The first kappa shape index (κ1) is 23.1. The lowest BCUT2D eigenvalue weighted by atomic mass is 9.84. The Morgan fingerprint density at radius 2 is 1.03 bits per heavy atom. The second kappa shape index (κ2) is 9.70. The van der Waals surface area contributed by atoms with Crippen LogP contribution in [0.5, 0.6) is 0 Å². The van der Waals surface area contributed by atoms with E-state index < -0.39 is 12.9 Å². The first-order chi connectivity index (χ1) is 14.3. The van der Waals surface area contributed by atoms with Crippen LogP contribution in [0.3, 0.4) is 0 Å². The molecule has 0 amide bonds. The highest BCUT2D eigenvalue weighted by molar-refractivity contribution is 7.98. The third-order valence-electron chi connectivity index (χ3n) is 4.84. The van der Waals surface area contributed by atoms with Crippen molar-refractivity contribution in [1.29, 1.82) is 0 Å². The molecule has 0 unspecified atom stereocenters. The van der Waals surface area contributed by atoms with E-state index in [2.05, 4.69) is 116 Å². The fourth-order valence-electron chi connectivity index (χ4n) is 3.18. The van der Waals surface area contributed by atoms with Gasteiger partial charge < -0.3 is 0 Å². The van der Waals surface area contributed by atoms with Gasteiger partial charge in [0.25, 0.3) is 0 Å². The van der Waals surface area contributed by atoms with E-state index >= 15 is 0 Å². The molecule has 0 aliphatic rings. The fourth-order valence-corrected chi connectivity index (χ4v) is 4.90. The lowest BCUT2D eigenvalue weighted by Gasteiger charge is -2.29. The van der Waals surface area contributed by atoms with Crippen LogP contribution in [0, 0.1) is 11.5 Å². The summed E-state index contributed by atoms with van der Waals surface area (Å²) >= 11 is 10.9. The molecule has 4 heteroatoms. The van der Waals surface area contributed by atoms with E-state index in [9.17, 15) is 0 Å². The lowest BCUT2D eigenvalue weighted by molar-refractivity contribution is 0.875. The van der Waals surface area contributed by atoms with E-state index in [1.807, 2.05) is 0 Å². The Bertz CT molecular complexity index is 990. The Morgan fingerprint density at radius 1 is 0.667 bits per heavy atom. The van der Waals surface area contributed by atoms with Crippen molar-refractivity contribution in [3.8, 4) is 11.5 Å².